The normalized spacial score (nSPS) is 9.50. The molecule has 0 saturated heterocycles. The molecule has 0 aliphatic rings. The molecule has 0 saturated carbocycles. The number of nitriles is 1. The van der Waals surface area contributed by atoms with Crippen molar-refractivity contribution in [1.82, 2.24) is 0 Å². The van der Waals surface area contributed by atoms with E-state index in [0.29, 0.717) is 10.0 Å². The number of rotatable bonds is 2. The molecule has 0 heterocycles. The number of nitrogens with zero attached hydrogens (tertiary/aromatic N) is 1. The lowest BCUT2D eigenvalue weighted by molar-refractivity contribution is 0.0695. The summed E-state index contributed by atoms with van der Waals surface area (Å²) in [7, 11) is 0. The van der Waals surface area contributed by atoms with Gasteiger partial charge in [0.15, 0.2) is 0 Å². The predicted octanol–water partition coefficient (Wildman–Crippen LogP) is 1.48. The molecule has 0 spiro atoms. The first-order valence-corrected chi connectivity index (χ1v) is 4.56. The van der Waals surface area contributed by atoms with Gasteiger partial charge in [-0.25, -0.2) is 4.79 Å². The van der Waals surface area contributed by atoms with Gasteiger partial charge in [0.05, 0.1) is 11.1 Å². The van der Waals surface area contributed by atoms with Crippen molar-refractivity contribution in [2.45, 2.75) is 6.54 Å². The fraction of sp³-hybridized carbons (Fsp3) is 0.111. The molecular formula is C9H7BrN2O2. The third kappa shape index (κ3) is 1.76. The number of carboxylic acid groups (broad SMARTS) is 1. The topological polar surface area (TPSA) is 87.1 Å². The van der Waals surface area contributed by atoms with E-state index < -0.39 is 5.97 Å². The molecule has 0 aromatic heterocycles. The summed E-state index contributed by atoms with van der Waals surface area (Å²) >= 11 is 3.16. The highest BCUT2D eigenvalue weighted by atomic mass is 79.9. The van der Waals surface area contributed by atoms with E-state index in [9.17, 15) is 4.79 Å². The summed E-state index contributed by atoms with van der Waals surface area (Å²) in [4.78, 5) is 10.8. The van der Waals surface area contributed by atoms with Crippen LogP contribution in [-0.2, 0) is 6.54 Å². The lowest BCUT2D eigenvalue weighted by atomic mass is 10.0. The summed E-state index contributed by atoms with van der Waals surface area (Å²) in [5, 5.41) is 17.6. The SMILES string of the molecule is N#Cc1c(Br)ccc(C(=O)O)c1CN. The Kier molecular flexibility index (Phi) is 3.23. The molecule has 1 aromatic carbocycles. The van der Waals surface area contributed by atoms with Crippen LogP contribution >= 0.6 is 15.9 Å². The lowest BCUT2D eigenvalue weighted by Gasteiger charge is -2.06. The fourth-order valence-electron chi connectivity index (χ4n) is 1.15. The Bertz CT molecular complexity index is 424. The van der Waals surface area contributed by atoms with Crippen LogP contribution in [0.1, 0.15) is 21.5 Å². The van der Waals surface area contributed by atoms with E-state index in [1.54, 1.807) is 0 Å². The number of nitrogens with two attached hydrogens (primary N) is 1. The zero-order valence-electron chi connectivity index (χ0n) is 7.12. The summed E-state index contributed by atoms with van der Waals surface area (Å²) < 4.78 is 0.561. The molecule has 0 fully saturated rings. The fourth-order valence-corrected chi connectivity index (χ4v) is 1.61. The predicted molar refractivity (Wildman–Crippen MR) is 53.7 cm³/mol. The average Bonchev–Trinajstić information content (AvgIpc) is 2.16. The van der Waals surface area contributed by atoms with Crippen molar-refractivity contribution >= 4 is 21.9 Å². The summed E-state index contributed by atoms with van der Waals surface area (Å²) in [6.45, 7) is 0.0317. The van der Waals surface area contributed by atoms with Crippen molar-refractivity contribution in [2.75, 3.05) is 0 Å². The third-order valence-corrected chi connectivity index (χ3v) is 2.47. The molecule has 0 aliphatic heterocycles. The number of carboxylic acids is 1. The van der Waals surface area contributed by atoms with Crippen molar-refractivity contribution in [3.8, 4) is 6.07 Å². The van der Waals surface area contributed by atoms with Crippen LogP contribution in [0.3, 0.4) is 0 Å². The maximum atomic E-state index is 10.8. The van der Waals surface area contributed by atoms with Crippen molar-refractivity contribution in [2.24, 2.45) is 5.73 Å². The minimum absolute atomic E-state index is 0.0317. The molecule has 4 nitrogen and oxygen atoms in total. The van der Waals surface area contributed by atoms with E-state index in [-0.39, 0.29) is 17.7 Å². The van der Waals surface area contributed by atoms with Crippen molar-refractivity contribution < 1.29 is 9.90 Å². The number of hydrogen-bond donors (Lipinski definition) is 2. The van der Waals surface area contributed by atoms with Crippen LogP contribution in [-0.4, -0.2) is 11.1 Å². The summed E-state index contributed by atoms with van der Waals surface area (Å²) in [5.41, 5.74) is 6.12. The molecule has 0 radical (unpaired) electrons. The standard InChI is InChI=1S/C9H7BrN2O2/c10-8-2-1-5(9(13)14)6(3-11)7(8)4-12/h1-2H,3,11H2,(H,13,14). The van der Waals surface area contributed by atoms with E-state index in [4.69, 9.17) is 16.1 Å². The highest BCUT2D eigenvalue weighted by Gasteiger charge is 2.14. The second kappa shape index (κ2) is 4.22. The van der Waals surface area contributed by atoms with E-state index in [2.05, 4.69) is 15.9 Å². The minimum atomic E-state index is -1.07. The van der Waals surface area contributed by atoms with Crippen LogP contribution in [0.5, 0.6) is 0 Å². The number of carbonyl (C=O) groups is 1. The van der Waals surface area contributed by atoms with Gasteiger partial charge in [-0.05, 0) is 33.6 Å². The molecule has 0 unspecified atom stereocenters. The zero-order valence-corrected chi connectivity index (χ0v) is 8.71. The van der Waals surface area contributed by atoms with Gasteiger partial charge >= 0.3 is 5.97 Å². The summed E-state index contributed by atoms with van der Waals surface area (Å²) in [6, 6.07) is 4.87. The Morgan fingerprint density at radius 3 is 2.71 bits per heavy atom. The Labute approximate surface area is 89.1 Å². The van der Waals surface area contributed by atoms with Gasteiger partial charge in [-0.15, -0.1) is 0 Å². The van der Waals surface area contributed by atoms with Crippen LogP contribution < -0.4 is 5.73 Å². The number of hydrogen-bond acceptors (Lipinski definition) is 3. The quantitative estimate of drug-likeness (QED) is 0.837. The van der Waals surface area contributed by atoms with Gasteiger partial charge in [0.25, 0.3) is 0 Å². The number of halogens is 1. The van der Waals surface area contributed by atoms with Crippen LogP contribution in [0.2, 0.25) is 0 Å². The minimum Gasteiger partial charge on any atom is -0.478 e. The molecule has 0 bridgehead atoms. The Balaban J connectivity index is 3.50. The molecule has 0 amide bonds. The van der Waals surface area contributed by atoms with Gasteiger partial charge in [0.2, 0.25) is 0 Å². The second-order valence-electron chi connectivity index (χ2n) is 2.57. The molecule has 1 rings (SSSR count). The van der Waals surface area contributed by atoms with E-state index >= 15 is 0 Å². The van der Waals surface area contributed by atoms with Gasteiger partial charge in [-0.2, -0.15) is 5.26 Å². The van der Waals surface area contributed by atoms with Gasteiger partial charge in [-0.1, -0.05) is 0 Å². The molecule has 5 heteroatoms. The van der Waals surface area contributed by atoms with Gasteiger partial charge in [-0.3, -0.25) is 0 Å². The van der Waals surface area contributed by atoms with Gasteiger partial charge in [0.1, 0.15) is 6.07 Å². The Morgan fingerprint density at radius 1 is 1.64 bits per heavy atom. The van der Waals surface area contributed by atoms with Crippen molar-refractivity contribution in [3.05, 3.63) is 33.3 Å². The Morgan fingerprint density at radius 2 is 2.29 bits per heavy atom. The van der Waals surface area contributed by atoms with Crippen LogP contribution in [0.15, 0.2) is 16.6 Å². The lowest BCUT2D eigenvalue weighted by Crippen LogP contribution is -2.09. The number of benzene rings is 1. The first kappa shape index (κ1) is 10.7. The largest absolute Gasteiger partial charge is 0.478 e. The molecular weight excluding hydrogens is 248 g/mol. The molecule has 72 valence electrons. The summed E-state index contributed by atoms with van der Waals surface area (Å²) in [6.07, 6.45) is 0. The second-order valence-corrected chi connectivity index (χ2v) is 3.42. The van der Waals surface area contributed by atoms with Gasteiger partial charge < -0.3 is 10.8 Å². The molecule has 14 heavy (non-hydrogen) atoms. The monoisotopic (exact) mass is 254 g/mol. The first-order chi connectivity index (χ1) is 6.61. The first-order valence-electron chi connectivity index (χ1n) is 3.76. The maximum absolute atomic E-state index is 10.8. The third-order valence-electron chi connectivity index (χ3n) is 1.81. The highest BCUT2D eigenvalue weighted by Crippen LogP contribution is 2.23. The highest BCUT2D eigenvalue weighted by molar-refractivity contribution is 9.10. The number of aromatic carboxylic acids is 1. The average molecular weight is 255 g/mol. The molecule has 0 atom stereocenters. The Hall–Kier alpha value is -1.38. The van der Waals surface area contributed by atoms with E-state index in [0.717, 1.165) is 0 Å². The van der Waals surface area contributed by atoms with Crippen molar-refractivity contribution in [1.29, 1.82) is 5.26 Å². The van der Waals surface area contributed by atoms with Crippen LogP contribution in [0, 0.1) is 11.3 Å². The van der Waals surface area contributed by atoms with Crippen LogP contribution in [0.25, 0.3) is 0 Å². The molecule has 1 aromatic rings. The van der Waals surface area contributed by atoms with E-state index in [1.807, 2.05) is 6.07 Å². The maximum Gasteiger partial charge on any atom is 0.336 e. The molecule has 3 N–H and O–H groups in total. The smallest absolute Gasteiger partial charge is 0.336 e. The van der Waals surface area contributed by atoms with Gasteiger partial charge in [0, 0.05) is 11.0 Å². The van der Waals surface area contributed by atoms with Crippen LogP contribution in [0.4, 0.5) is 0 Å². The zero-order chi connectivity index (χ0) is 10.7. The molecule has 0 aliphatic carbocycles. The van der Waals surface area contributed by atoms with E-state index in [1.165, 1.54) is 12.1 Å². The summed E-state index contributed by atoms with van der Waals surface area (Å²) in [5.74, 6) is -1.07. The van der Waals surface area contributed by atoms with Crippen molar-refractivity contribution in [3.63, 3.8) is 0 Å².